The molecular weight excluding hydrogens is 296 g/mol. The first kappa shape index (κ1) is 16.1. The Balaban J connectivity index is 1.61. The van der Waals surface area contributed by atoms with Gasteiger partial charge in [0, 0.05) is 18.7 Å². The first-order chi connectivity index (χ1) is 11.8. The van der Waals surface area contributed by atoms with E-state index >= 15 is 0 Å². The fourth-order valence-electron chi connectivity index (χ4n) is 4.56. The van der Waals surface area contributed by atoms with Gasteiger partial charge >= 0.3 is 0 Å². The molecular formula is C20H30N4. The third-order valence-corrected chi connectivity index (χ3v) is 5.91. The summed E-state index contributed by atoms with van der Waals surface area (Å²) in [7, 11) is 0. The quantitative estimate of drug-likeness (QED) is 0.916. The van der Waals surface area contributed by atoms with Crippen LogP contribution in [0, 0.1) is 12.8 Å². The van der Waals surface area contributed by atoms with Crippen molar-refractivity contribution in [3.8, 4) is 0 Å². The molecule has 0 atom stereocenters. The number of fused-ring (bicyclic) bond motifs is 1. The molecule has 130 valence electrons. The van der Waals surface area contributed by atoms with Crippen LogP contribution in [-0.4, -0.2) is 27.6 Å². The van der Waals surface area contributed by atoms with Crippen molar-refractivity contribution in [2.45, 2.75) is 70.8 Å². The molecule has 0 spiro atoms. The number of hydrogen-bond donors (Lipinski definition) is 1. The maximum atomic E-state index is 5.01. The summed E-state index contributed by atoms with van der Waals surface area (Å²) >= 11 is 0. The highest BCUT2D eigenvalue weighted by Gasteiger charge is 2.23. The minimum absolute atomic E-state index is 0.563. The van der Waals surface area contributed by atoms with Gasteiger partial charge in [-0.15, -0.1) is 0 Å². The van der Waals surface area contributed by atoms with Crippen molar-refractivity contribution in [2.75, 3.05) is 13.1 Å². The highest BCUT2D eigenvalue weighted by Crippen LogP contribution is 2.30. The maximum Gasteiger partial charge on any atom is 0.160 e. The summed E-state index contributed by atoms with van der Waals surface area (Å²) in [6, 6.07) is 2.76. The number of piperidine rings is 1. The van der Waals surface area contributed by atoms with Gasteiger partial charge in [-0.05, 0) is 56.8 Å². The molecule has 4 heteroatoms. The Kier molecular flexibility index (Phi) is 4.83. The third-order valence-electron chi connectivity index (χ3n) is 5.91. The molecule has 1 saturated heterocycles. The summed E-state index contributed by atoms with van der Waals surface area (Å²) < 4.78 is 2.48. The van der Waals surface area contributed by atoms with Crippen molar-refractivity contribution >= 4 is 11.2 Å². The van der Waals surface area contributed by atoms with Gasteiger partial charge < -0.3 is 9.88 Å². The Morgan fingerprint density at radius 2 is 1.92 bits per heavy atom. The van der Waals surface area contributed by atoms with E-state index in [4.69, 9.17) is 9.97 Å². The van der Waals surface area contributed by atoms with Crippen LogP contribution < -0.4 is 5.32 Å². The molecule has 0 radical (unpaired) electrons. The van der Waals surface area contributed by atoms with Gasteiger partial charge in [0.05, 0.1) is 0 Å². The molecule has 4 nitrogen and oxygen atoms in total. The van der Waals surface area contributed by atoms with Gasteiger partial charge in [-0.3, -0.25) is 0 Å². The van der Waals surface area contributed by atoms with Crippen LogP contribution in [-0.2, 0) is 6.42 Å². The summed E-state index contributed by atoms with van der Waals surface area (Å²) in [4.78, 5) is 9.76. The smallest absolute Gasteiger partial charge is 0.160 e. The van der Waals surface area contributed by atoms with Crippen LogP contribution in [0.15, 0.2) is 12.3 Å². The zero-order valence-corrected chi connectivity index (χ0v) is 14.9. The molecule has 4 rings (SSSR count). The predicted octanol–water partition coefficient (Wildman–Crippen LogP) is 4.18. The molecule has 1 aliphatic heterocycles. The lowest BCUT2D eigenvalue weighted by Crippen LogP contribution is -2.30. The minimum atomic E-state index is 0.563. The zero-order valence-electron chi connectivity index (χ0n) is 14.9. The van der Waals surface area contributed by atoms with Crippen molar-refractivity contribution < 1.29 is 0 Å². The van der Waals surface area contributed by atoms with Crippen LogP contribution in [0.2, 0.25) is 0 Å². The third kappa shape index (κ3) is 3.34. The van der Waals surface area contributed by atoms with Gasteiger partial charge in [0.25, 0.3) is 0 Å². The molecule has 2 aromatic heterocycles. The molecule has 1 aliphatic carbocycles. The van der Waals surface area contributed by atoms with Crippen LogP contribution >= 0.6 is 0 Å². The zero-order chi connectivity index (χ0) is 16.4. The van der Waals surface area contributed by atoms with Gasteiger partial charge in [-0.1, -0.05) is 32.1 Å². The number of imidazole rings is 1. The summed E-state index contributed by atoms with van der Waals surface area (Å²) in [6.07, 6.45) is 13.9. The first-order valence-corrected chi connectivity index (χ1v) is 9.85. The Morgan fingerprint density at radius 1 is 1.12 bits per heavy atom. The monoisotopic (exact) mass is 326 g/mol. The number of aryl methyl sites for hydroxylation is 2. The van der Waals surface area contributed by atoms with E-state index in [2.05, 4.69) is 22.9 Å². The molecule has 24 heavy (non-hydrogen) atoms. The molecule has 0 amide bonds. The molecule has 3 heterocycles. The SMILES string of the molecule is Cc1cnc2c(c1)nc(CCC1CCCCC1)n2C1CCNCC1. The fourth-order valence-corrected chi connectivity index (χ4v) is 4.56. The summed E-state index contributed by atoms with van der Waals surface area (Å²) in [5.41, 5.74) is 3.40. The van der Waals surface area contributed by atoms with Crippen molar-refractivity contribution in [2.24, 2.45) is 5.92 Å². The van der Waals surface area contributed by atoms with Crippen LogP contribution in [0.25, 0.3) is 11.2 Å². The van der Waals surface area contributed by atoms with Gasteiger partial charge in [0.1, 0.15) is 11.3 Å². The number of rotatable bonds is 4. The van der Waals surface area contributed by atoms with E-state index in [0.717, 1.165) is 36.6 Å². The standard InChI is InChI=1S/C20H30N4/c1-15-13-18-20(22-14-15)24(17-9-11-21-12-10-17)19(23-18)8-7-16-5-3-2-4-6-16/h13-14,16-17,21H,2-12H2,1H3. The van der Waals surface area contributed by atoms with Crippen LogP contribution in [0.1, 0.15) is 68.8 Å². The topological polar surface area (TPSA) is 42.7 Å². The van der Waals surface area contributed by atoms with Gasteiger partial charge in [0.2, 0.25) is 0 Å². The second kappa shape index (κ2) is 7.22. The number of pyridine rings is 1. The van der Waals surface area contributed by atoms with Gasteiger partial charge in [0.15, 0.2) is 5.65 Å². The Morgan fingerprint density at radius 3 is 2.71 bits per heavy atom. The number of nitrogens with one attached hydrogen (secondary N) is 1. The van der Waals surface area contributed by atoms with Crippen molar-refractivity contribution in [3.63, 3.8) is 0 Å². The van der Waals surface area contributed by atoms with E-state index in [1.54, 1.807) is 0 Å². The minimum Gasteiger partial charge on any atom is -0.317 e. The van der Waals surface area contributed by atoms with Crippen molar-refractivity contribution in [1.82, 2.24) is 19.9 Å². The Hall–Kier alpha value is -1.42. The van der Waals surface area contributed by atoms with E-state index in [1.807, 2.05) is 6.20 Å². The highest BCUT2D eigenvalue weighted by atomic mass is 15.2. The lowest BCUT2D eigenvalue weighted by molar-refractivity contribution is 0.328. The van der Waals surface area contributed by atoms with Crippen LogP contribution in [0.5, 0.6) is 0 Å². The number of hydrogen-bond acceptors (Lipinski definition) is 3. The fraction of sp³-hybridized carbons (Fsp3) is 0.700. The maximum absolute atomic E-state index is 5.01. The molecule has 2 aliphatic rings. The van der Waals surface area contributed by atoms with Gasteiger partial charge in [-0.2, -0.15) is 0 Å². The largest absolute Gasteiger partial charge is 0.317 e. The normalized spacial score (nSPS) is 20.7. The average Bonchev–Trinajstić information content (AvgIpc) is 2.99. The van der Waals surface area contributed by atoms with Crippen LogP contribution in [0.4, 0.5) is 0 Å². The van der Waals surface area contributed by atoms with E-state index in [9.17, 15) is 0 Å². The summed E-state index contributed by atoms with van der Waals surface area (Å²) in [5.74, 6) is 2.19. The second-order valence-electron chi connectivity index (χ2n) is 7.78. The summed E-state index contributed by atoms with van der Waals surface area (Å²) in [5, 5.41) is 3.48. The van der Waals surface area contributed by atoms with E-state index < -0.39 is 0 Å². The Labute approximate surface area is 145 Å². The predicted molar refractivity (Wildman–Crippen MR) is 98.3 cm³/mol. The molecule has 2 fully saturated rings. The van der Waals surface area contributed by atoms with Gasteiger partial charge in [-0.25, -0.2) is 9.97 Å². The molecule has 0 aromatic carbocycles. The molecule has 1 N–H and O–H groups in total. The van der Waals surface area contributed by atoms with Crippen molar-refractivity contribution in [3.05, 3.63) is 23.7 Å². The van der Waals surface area contributed by atoms with Crippen molar-refractivity contribution in [1.29, 1.82) is 0 Å². The van der Waals surface area contributed by atoms with E-state index in [0.29, 0.717) is 6.04 Å². The molecule has 0 bridgehead atoms. The average molecular weight is 326 g/mol. The highest BCUT2D eigenvalue weighted by molar-refractivity contribution is 5.72. The number of nitrogens with zero attached hydrogens (tertiary/aromatic N) is 3. The van der Waals surface area contributed by atoms with E-state index in [1.165, 1.54) is 62.8 Å². The Bertz CT molecular complexity index is 678. The second-order valence-corrected chi connectivity index (χ2v) is 7.78. The molecule has 0 unspecified atom stereocenters. The lowest BCUT2D eigenvalue weighted by Gasteiger charge is -2.26. The summed E-state index contributed by atoms with van der Waals surface area (Å²) in [6.45, 7) is 4.33. The van der Waals surface area contributed by atoms with E-state index in [-0.39, 0.29) is 0 Å². The number of aromatic nitrogens is 3. The first-order valence-electron chi connectivity index (χ1n) is 9.85. The molecule has 2 aromatic rings. The molecule has 1 saturated carbocycles. The lowest BCUT2D eigenvalue weighted by atomic mass is 9.86. The van der Waals surface area contributed by atoms with Crippen LogP contribution in [0.3, 0.4) is 0 Å².